The average Bonchev–Trinajstić information content (AvgIpc) is 2.81. The molecule has 0 aromatic heterocycles. The third-order valence-corrected chi connectivity index (χ3v) is 2.76. The van der Waals surface area contributed by atoms with Gasteiger partial charge in [0.15, 0.2) is 17.8 Å². The number of ether oxygens (including phenoxy) is 3. The van der Waals surface area contributed by atoms with Crippen LogP contribution in [-0.2, 0) is 9.47 Å². The summed E-state index contributed by atoms with van der Waals surface area (Å²) in [6.07, 6.45) is 0.747. The monoisotopic (exact) mass is 238 g/mol. The number of hydrogen-bond acceptors (Lipinski definition) is 4. The van der Waals surface area contributed by atoms with Crippen LogP contribution in [-0.4, -0.2) is 24.4 Å². The molecule has 0 radical (unpaired) electrons. The molecule has 0 saturated carbocycles. The van der Waals surface area contributed by atoms with Crippen molar-refractivity contribution < 1.29 is 19.3 Å². The van der Waals surface area contributed by atoms with Crippen molar-refractivity contribution in [3.63, 3.8) is 0 Å². The number of hydrogen-bond donors (Lipinski definition) is 1. The lowest BCUT2D eigenvalue weighted by Gasteiger charge is -2.13. The quantitative estimate of drug-likeness (QED) is 0.876. The minimum absolute atomic E-state index is 0.139. The first-order valence-electron chi connectivity index (χ1n) is 5.97. The third kappa shape index (κ3) is 2.70. The van der Waals surface area contributed by atoms with E-state index in [-0.39, 0.29) is 18.1 Å². The Bertz CT molecular complexity index is 378. The largest absolute Gasteiger partial charge is 0.504 e. The molecular formula is C13H18O4. The number of rotatable bonds is 4. The molecule has 1 aliphatic heterocycles. The molecule has 1 heterocycles. The van der Waals surface area contributed by atoms with Crippen molar-refractivity contribution in [2.24, 2.45) is 0 Å². The lowest BCUT2D eigenvalue weighted by Crippen LogP contribution is -2.07. The highest BCUT2D eigenvalue weighted by Crippen LogP contribution is 2.34. The summed E-state index contributed by atoms with van der Waals surface area (Å²) in [7, 11) is 0. The molecule has 2 rings (SSSR count). The molecule has 1 saturated heterocycles. The topological polar surface area (TPSA) is 47.9 Å². The van der Waals surface area contributed by atoms with Gasteiger partial charge >= 0.3 is 0 Å². The highest BCUT2D eigenvalue weighted by Gasteiger charge is 2.26. The summed E-state index contributed by atoms with van der Waals surface area (Å²) in [5, 5.41) is 9.60. The van der Waals surface area contributed by atoms with Gasteiger partial charge in [-0.25, -0.2) is 0 Å². The van der Waals surface area contributed by atoms with Gasteiger partial charge in [0.25, 0.3) is 0 Å². The Morgan fingerprint density at radius 3 is 2.88 bits per heavy atom. The van der Waals surface area contributed by atoms with Gasteiger partial charge in [0.05, 0.1) is 19.3 Å². The van der Waals surface area contributed by atoms with Crippen molar-refractivity contribution in [2.75, 3.05) is 13.2 Å². The molecule has 4 heteroatoms. The summed E-state index contributed by atoms with van der Waals surface area (Å²) >= 11 is 0. The first-order valence-corrected chi connectivity index (χ1v) is 5.97. The first-order chi connectivity index (χ1) is 8.24. The van der Waals surface area contributed by atoms with Crippen molar-refractivity contribution in [1.82, 2.24) is 0 Å². The van der Waals surface area contributed by atoms with Gasteiger partial charge in [-0.3, -0.25) is 0 Å². The van der Waals surface area contributed by atoms with E-state index in [0.717, 1.165) is 12.0 Å². The van der Waals surface area contributed by atoms with Crippen LogP contribution in [0.1, 0.15) is 32.1 Å². The molecule has 1 aromatic rings. The van der Waals surface area contributed by atoms with E-state index in [1.165, 1.54) is 0 Å². The Balaban J connectivity index is 2.13. The van der Waals surface area contributed by atoms with Gasteiger partial charge in [-0.05, 0) is 25.5 Å². The molecule has 0 amide bonds. The van der Waals surface area contributed by atoms with Crippen LogP contribution in [0.3, 0.4) is 0 Å². The minimum Gasteiger partial charge on any atom is -0.504 e. The van der Waals surface area contributed by atoms with E-state index in [0.29, 0.717) is 19.0 Å². The molecule has 1 fully saturated rings. The van der Waals surface area contributed by atoms with Crippen molar-refractivity contribution in [3.05, 3.63) is 23.8 Å². The van der Waals surface area contributed by atoms with E-state index in [1.807, 2.05) is 6.92 Å². The van der Waals surface area contributed by atoms with Crippen LogP contribution in [0.15, 0.2) is 18.2 Å². The minimum atomic E-state index is -0.347. The Morgan fingerprint density at radius 2 is 2.24 bits per heavy atom. The van der Waals surface area contributed by atoms with Crippen LogP contribution < -0.4 is 4.74 Å². The maximum atomic E-state index is 9.60. The summed E-state index contributed by atoms with van der Waals surface area (Å²) < 4.78 is 16.6. The summed E-state index contributed by atoms with van der Waals surface area (Å²) in [6, 6.07) is 5.16. The molecule has 1 aliphatic rings. The zero-order valence-corrected chi connectivity index (χ0v) is 10.2. The van der Waals surface area contributed by atoms with Gasteiger partial charge in [0.2, 0.25) is 0 Å². The summed E-state index contributed by atoms with van der Waals surface area (Å²) in [5.41, 5.74) is 0.877. The van der Waals surface area contributed by atoms with Crippen LogP contribution in [0.25, 0.3) is 0 Å². The highest BCUT2D eigenvalue weighted by atomic mass is 16.7. The van der Waals surface area contributed by atoms with E-state index in [2.05, 4.69) is 6.92 Å². The SMILES string of the molecule is CCOc1cc(C2OCC(CC)O2)ccc1O. The molecule has 4 nitrogen and oxygen atoms in total. The fraction of sp³-hybridized carbons (Fsp3) is 0.538. The maximum Gasteiger partial charge on any atom is 0.184 e. The van der Waals surface area contributed by atoms with Gasteiger partial charge < -0.3 is 19.3 Å². The van der Waals surface area contributed by atoms with Gasteiger partial charge in [0, 0.05) is 5.56 Å². The molecule has 2 atom stereocenters. The van der Waals surface area contributed by atoms with E-state index < -0.39 is 0 Å². The molecule has 0 bridgehead atoms. The average molecular weight is 238 g/mol. The van der Waals surface area contributed by atoms with Crippen molar-refractivity contribution in [1.29, 1.82) is 0 Å². The smallest absolute Gasteiger partial charge is 0.184 e. The molecule has 17 heavy (non-hydrogen) atoms. The molecule has 1 aromatic carbocycles. The summed E-state index contributed by atoms with van der Waals surface area (Å²) in [6.45, 7) is 5.08. The molecular weight excluding hydrogens is 220 g/mol. The highest BCUT2D eigenvalue weighted by molar-refractivity contribution is 5.42. The Kier molecular flexibility index (Phi) is 3.86. The van der Waals surface area contributed by atoms with E-state index in [9.17, 15) is 5.11 Å². The lowest BCUT2D eigenvalue weighted by molar-refractivity contribution is -0.0605. The number of phenols is 1. The van der Waals surface area contributed by atoms with Crippen LogP contribution in [0.2, 0.25) is 0 Å². The molecule has 0 spiro atoms. The van der Waals surface area contributed by atoms with Gasteiger partial charge in [-0.15, -0.1) is 0 Å². The second-order valence-electron chi connectivity index (χ2n) is 3.99. The fourth-order valence-corrected chi connectivity index (χ4v) is 1.79. The van der Waals surface area contributed by atoms with E-state index in [1.54, 1.807) is 18.2 Å². The normalized spacial score (nSPS) is 23.9. The number of phenolic OH excluding ortho intramolecular Hbond substituents is 1. The molecule has 94 valence electrons. The van der Waals surface area contributed by atoms with E-state index in [4.69, 9.17) is 14.2 Å². The summed E-state index contributed by atoms with van der Waals surface area (Å²) in [4.78, 5) is 0. The second-order valence-corrected chi connectivity index (χ2v) is 3.99. The maximum absolute atomic E-state index is 9.60. The lowest BCUT2D eigenvalue weighted by atomic mass is 10.2. The van der Waals surface area contributed by atoms with Crippen molar-refractivity contribution in [3.8, 4) is 11.5 Å². The van der Waals surface area contributed by atoms with Crippen LogP contribution in [0.5, 0.6) is 11.5 Å². The first kappa shape index (κ1) is 12.2. The number of aromatic hydroxyl groups is 1. The Morgan fingerprint density at radius 1 is 1.41 bits per heavy atom. The molecule has 1 N–H and O–H groups in total. The summed E-state index contributed by atoms with van der Waals surface area (Å²) in [5.74, 6) is 0.609. The molecule has 2 unspecified atom stereocenters. The van der Waals surface area contributed by atoms with Gasteiger partial charge in [-0.2, -0.15) is 0 Å². The zero-order valence-electron chi connectivity index (χ0n) is 10.2. The predicted octanol–water partition coefficient (Wildman–Crippen LogP) is 2.61. The molecule has 0 aliphatic carbocycles. The standard InChI is InChI=1S/C13H18O4/c1-3-10-8-16-13(17-10)9-5-6-11(14)12(7-9)15-4-2/h5-7,10,13-14H,3-4,8H2,1-2H3. The second kappa shape index (κ2) is 5.38. The van der Waals surface area contributed by atoms with Crippen LogP contribution in [0, 0.1) is 0 Å². The van der Waals surface area contributed by atoms with Crippen LogP contribution >= 0.6 is 0 Å². The Labute approximate surface area is 101 Å². The van der Waals surface area contributed by atoms with Crippen molar-refractivity contribution >= 4 is 0 Å². The third-order valence-electron chi connectivity index (χ3n) is 2.76. The van der Waals surface area contributed by atoms with E-state index >= 15 is 0 Å². The van der Waals surface area contributed by atoms with Crippen molar-refractivity contribution in [2.45, 2.75) is 32.7 Å². The van der Waals surface area contributed by atoms with Gasteiger partial charge in [-0.1, -0.05) is 13.0 Å². The zero-order chi connectivity index (χ0) is 12.3. The predicted molar refractivity (Wildman–Crippen MR) is 63.1 cm³/mol. The van der Waals surface area contributed by atoms with Gasteiger partial charge in [0.1, 0.15) is 0 Å². The Hall–Kier alpha value is -1.26. The number of benzene rings is 1. The fourth-order valence-electron chi connectivity index (χ4n) is 1.79. The van der Waals surface area contributed by atoms with Crippen LogP contribution in [0.4, 0.5) is 0 Å².